The van der Waals surface area contributed by atoms with Crippen LogP contribution in [0.4, 0.5) is 0 Å². The Morgan fingerprint density at radius 1 is 0.241 bits per heavy atom. The molecule has 0 saturated carbocycles. The van der Waals surface area contributed by atoms with E-state index in [1.165, 1.54) is 0 Å². The molecule has 0 saturated heterocycles. The first kappa shape index (κ1) is 160. The van der Waals surface area contributed by atoms with Gasteiger partial charge in [0.25, 0.3) is 27.9 Å². The largest absolute Gasteiger partial charge is 0.528 e. The number of hydrogen-bond donors (Lipinski definition) is 2. The van der Waals surface area contributed by atoms with Gasteiger partial charge in [-0.25, -0.2) is 0 Å². The smallest absolute Gasteiger partial charge is 0.442 e. The summed E-state index contributed by atoms with van der Waals surface area (Å²) in [6.07, 6.45) is 2.44. The molecule has 0 rings (SSSR count). The summed E-state index contributed by atoms with van der Waals surface area (Å²) in [6.45, 7) is 69.4. The number of ether oxygens (including phenoxy) is 2. The summed E-state index contributed by atoms with van der Waals surface area (Å²) in [6, 6.07) is 10.3. The van der Waals surface area contributed by atoms with E-state index in [0.29, 0.717) is 38.5 Å². The van der Waals surface area contributed by atoms with Crippen molar-refractivity contribution in [2.75, 3.05) is 189 Å². The first-order valence-electron chi connectivity index (χ1n) is 45.4. The first-order valence-corrected chi connectivity index (χ1v) is 103. The van der Waals surface area contributed by atoms with Gasteiger partial charge in [-0.1, -0.05) is 42.4 Å². The molecule has 0 aromatic heterocycles. The summed E-state index contributed by atoms with van der Waals surface area (Å²) in [4.78, 5) is 0. The molecule has 0 aliphatic carbocycles. The van der Waals surface area contributed by atoms with Crippen molar-refractivity contribution in [2.45, 2.75) is 298 Å². The molecule has 838 valence electrons. The molecule has 37 nitrogen and oxygen atoms in total. The Kier molecular flexibility index (Phi) is 92.3. The van der Waals surface area contributed by atoms with E-state index in [1.54, 1.807) is 161 Å². The predicted molar refractivity (Wildman–Crippen MR) is 614 cm³/mol. The zero-order valence-corrected chi connectivity index (χ0v) is 117. The van der Waals surface area contributed by atoms with Crippen LogP contribution >= 0.6 is 0 Å². The van der Waals surface area contributed by atoms with E-state index in [0.717, 1.165) is 72.9 Å². The molecule has 4 atom stereocenters. The normalized spacial score (nSPS) is 14.3. The van der Waals surface area contributed by atoms with Crippen LogP contribution in [-0.2, 0) is 152 Å². The number of hydrogen-bond acceptors (Lipinski definition) is 37. The van der Waals surface area contributed by atoms with Gasteiger partial charge in [0.1, 0.15) is 0 Å². The maximum absolute atomic E-state index is 9.05. The maximum Gasteiger partial charge on any atom is 0.528 e. The highest BCUT2D eigenvalue weighted by molar-refractivity contribution is 6.91. The van der Waals surface area contributed by atoms with Gasteiger partial charge in [0.2, 0.25) is 0 Å². The van der Waals surface area contributed by atoms with Crippen molar-refractivity contribution in [2.24, 2.45) is 0 Å². The molecule has 60 heteroatoms. The molecule has 0 aromatic rings. The second kappa shape index (κ2) is 79.0. The lowest BCUT2D eigenvalue weighted by Crippen LogP contribution is -2.58. The van der Waals surface area contributed by atoms with Gasteiger partial charge in [-0.2, -0.15) is 0 Å². The Morgan fingerprint density at radius 2 is 0.482 bits per heavy atom. The molecule has 0 aromatic carbocycles. The third-order valence-electron chi connectivity index (χ3n) is 20.4. The maximum atomic E-state index is 9.05. The van der Waals surface area contributed by atoms with E-state index < -0.39 is 200 Å². The number of rotatable bonds is 74. The second-order valence-corrected chi connectivity index (χ2v) is 115. The van der Waals surface area contributed by atoms with Gasteiger partial charge in [0.05, 0.1) is 33.0 Å². The molecule has 0 amide bonds. The molecule has 137 heavy (non-hydrogen) atoms. The summed E-state index contributed by atoms with van der Waals surface area (Å²) >= 11 is 0. The zero-order valence-electron chi connectivity index (χ0n) is 92.8. The fourth-order valence-electron chi connectivity index (χ4n) is 14.2. The summed E-state index contributed by atoms with van der Waals surface area (Å²) in [5, 5.41) is 17.2. The lowest BCUT2D eigenvalue weighted by molar-refractivity contribution is 0.0918. The van der Waals surface area contributed by atoms with Crippen molar-refractivity contribution in [3.63, 3.8) is 0 Å². The quantitative estimate of drug-likeness (QED) is 0.0324. The number of aliphatic hydroxyl groups excluding tert-OH is 2. The number of aliphatic hydroxyl groups is 2. The fraction of sp³-hybridized carbons (Fsp3) is 0.948. The van der Waals surface area contributed by atoms with E-state index in [2.05, 4.69) is 196 Å². The predicted octanol–water partition coefficient (Wildman–Crippen LogP) is 16.8. The van der Waals surface area contributed by atoms with Crippen LogP contribution in [0.15, 0.2) is 24.9 Å². The Morgan fingerprint density at radius 3 is 0.701 bits per heavy atom. The molecule has 0 aliphatic rings. The average Bonchev–Trinajstić information content (AvgIpc) is 0.800. The molecule has 0 bridgehead atoms. The third kappa shape index (κ3) is 74.6. The minimum atomic E-state index is -2.71. The first-order chi connectivity index (χ1) is 61.0. The van der Waals surface area contributed by atoms with Crippen molar-refractivity contribution in [1.29, 1.82) is 0 Å². The van der Waals surface area contributed by atoms with Crippen LogP contribution in [0.25, 0.3) is 0 Å². The molecular weight excluding hydrogens is 2160 g/mol. The van der Waals surface area contributed by atoms with Crippen molar-refractivity contribution < 1.29 is 162 Å². The van der Waals surface area contributed by atoms with E-state index in [4.69, 9.17) is 162 Å². The van der Waals surface area contributed by atoms with Gasteiger partial charge in [0, 0.05) is 192 Å². The molecule has 2 N–H and O–H groups in total. The van der Waals surface area contributed by atoms with Crippen LogP contribution in [-0.4, -0.2) is 399 Å². The highest BCUT2D eigenvalue weighted by Crippen LogP contribution is 2.36. The summed E-state index contributed by atoms with van der Waals surface area (Å²) in [5.41, 5.74) is 1.58. The van der Waals surface area contributed by atoms with Crippen molar-refractivity contribution >= 4 is 200 Å². The molecule has 0 aliphatic heterocycles. The highest BCUT2D eigenvalue weighted by Gasteiger charge is 2.52. The summed E-state index contributed by atoms with van der Waals surface area (Å²) in [7, 11) is -15.3. The summed E-state index contributed by atoms with van der Waals surface area (Å²) in [5.74, 6) is 0. The average molecular weight is 2380 g/mol. The molecular formula is C77H216O37Si23. The van der Waals surface area contributed by atoms with Crippen LogP contribution in [0.5, 0.6) is 0 Å². The molecule has 0 spiro atoms. The van der Waals surface area contributed by atoms with E-state index in [-0.39, 0.29) is 42.9 Å². The highest BCUT2D eigenvalue weighted by atomic mass is 28.5. The Bertz CT molecular complexity index is 2720. The lowest BCUT2D eigenvalue weighted by Gasteiger charge is -2.43. The van der Waals surface area contributed by atoms with E-state index in [9.17, 15) is 0 Å². The van der Waals surface area contributed by atoms with Crippen LogP contribution < -0.4 is 0 Å². The molecule has 0 fully saturated rings. The monoisotopic (exact) mass is 2380 g/mol. The van der Waals surface area contributed by atoms with Gasteiger partial charge in [-0.3, -0.25) is 0 Å². The standard InChI is InChI=1S/C22H58O11Si6.2C17H48O9Si6.C7H24O3Si4.C5H12O3Si.C5H10O2.4CH4/c1-24-38(25-2,26-3)21-19-34(7,8)31-36(11,12)33-37(13,18-14-16-30-17-15-23)32-35(9,10)20-22-39(27-4,28-5)29-6;2*1-18-31(19-2,20-3)16-14-28(8,9)24-27(7)25-30(12,13)26-29(10,11)15-17-32(21-4,22-5)23-6;1-11(2)8-13(5)10-14(6,7)9-12(3)4;1-5-9(6-2,7-3)8-4;1-2-4-7-5-3-6;;;;/h23H,14-22H2,1-13H3;2*27H,14-17H2,1-13H3;11-13H,1-7H3;5H,1H2,2-4H3;2,6H,1,3-5H2;4*1H4. The van der Waals surface area contributed by atoms with Crippen molar-refractivity contribution in [1.82, 2.24) is 0 Å². The molecule has 0 heterocycles. The van der Waals surface area contributed by atoms with Gasteiger partial charge >= 0.3 is 104 Å². The molecule has 4 unspecified atom stereocenters. The minimum Gasteiger partial charge on any atom is -0.442 e. The van der Waals surface area contributed by atoms with Gasteiger partial charge in [-0.05, 0) is 238 Å². The van der Waals surface area contributed by atoms with E-state index >= 15 is 0 Å². The van der Waals surface area contributed by atoms with E-state index in [1.807, 2.05) is 0 Å². The van der Waals surface area contributed by atoms with Crippen molar-refractivity contribution in [3.8, 4) is 0 Å². The Balaban J connectivity index is -0.000000189. The van der Waals surface area contributed by atoms with Crippen molar-refractivity contribution in [3.05, 3.63) is 24.9 Å². The second-order valence-electron chi connectivity index (χ2n) is 37.2. The Labute approximate surface area is 867 Å². The minimum absolute atomic E-state index is 0. The van der Waals surface area contributed by atoms with Crippen LogP contribution in [0.2, 0.25) is 262 Å². The summed E-state index contributed by atoms with van der Waals surface area (Å²) < 4.78 is 203. The van der Waals surface area contributed by atoms with Gasteiger partial charge < -0.3 is 162 Å². The molecule has 0 radical (unpaired) electrons. The SMILES string of the molecule is C.C.C.C.C=CCOCCO.C=C[Si](OC)(OC)OC.CO[Si](CC[Si](C)(C)O[SiH](C)O[Si](C)(C)O[Si](C)(C)CC[Si](OC)(OC)OC)(OC)OC.CO[Si](CC[Si](C)(C)O[SiH](C)O[Si](C)(C)O[Si](C)(C)CC[Si](OC)(OC)OC)(OC)OC.CO[Si](CC[Si](C)(C)O[Si](C)(C)O[Si](C)(CCCOCCO)O[Si](C)(C)CC[Si](OC)(OC)OC)(OC)OC.C[SiH](C)O[SiH](C)O[Si](C)(C)O[SiH](C)C. The van der Waals surface area contributed by atoms with Crippen LogP contribution in [0.3, 0.4) is 0 Å². The van der Waals surface area contributed by atoms with Crippen LogP contribution in [0, 0.1) is 0 Å². The van der Waals surface area contributed by atoms with Gasteiger partial charge in [0.15, 0.2) is 68.0 Å². The topological polar surface area (TPSA) is 364 Å². The lowest BCUT2D eigenvalue weighted by atomic mass is 10.5. The zero-order chi connectivity index (χ0) is 105. The Hall–Kier alpha value is 2.99. The third-order valence-corrected chi connectivity index (χ3v) is 98.5. The van der Waals surface area contributed by atoms with Gasteiger partial charge in [-0.15, -0.1) is 6.58 Å². The van der Waals surface area contributed by atoms with Crippen LogP contribution in [0.1, 0.15) is 36.1 Å². The fourth-order valence-corrected chi connectivity index (χ4v) is 102.